The molecule has 1 aromatic rings. The van der Waals surface area contributed by atoms with Crippen molar-refractivity contribution in [2.24, 2.45) is 0 Å². The van der Waals surface area contributed by atoms with Crippen LogP contribution >= 0.6 is 0 Å². The van der Waals surface area contributed by atoms with Crippen molar-refractivity contribution in [2.75, 3.05) is 19.7 Å². The molecule has 0 aliphatic rings. The van der Waals surface area contributed by atoms with Crippen LogP contribution in [0.4, 0.5) is 4.39 Å². The Morgan fingerprint density at radius 2 is 1.78 bits per heavy atom. The van der Waals surface area contributed by atoms with Crippen LogP contribution in [-0.2, 0) is 20.7 Å². The molecule has 0 aliphatic heterocycles. The Balaban J connectivity index is 2.59. The highest BCUT2D eigenvalue weighted by molar-refractivity contribution is 5.79. The number of benzene rings is 1. The summed E-state index contributed by atoms with van der Waals surface area (Å²) in [7, 11) is 0. The summed E-state index contributed by atoms with van der Waals surface area (Å²) in [6, 6.07) is 5.93. The zero-order chi connectivity index (χ0) is 17.1. The molecule has 0 heterocycles. The van der Waals surface area contributed by atoms with E-state index in [1.807, 2.05) is 0 Å². The fourth-order valence-electron chi connectivity index (χ4n) is 2.26. The molecular weight excluding hydrogens is 297 g/mol. The van der Waals surface area contributed by atoms with Crippen LogP contribution in [0.15, 0.2) is 24.3 Å². The SMILES string of the molecule is CCCCCN(CCC(=O)OCC)C(=O)Cc1ccc(F)cc1. The van der Waals surface area contributed by atoms with Gasteiger partial charge in [-0.1, -0.05) is 31.9 Å². The van der Waals surface area contributed by atoms with Gasteiger partial charge in [0.1, 0.15) is 5.82 Å². The smallest absolute Gasteiger partial charge is 0.307 e. The number of nitrogens with zero attached hydrogens (tertiary/aromatic N) is 1. The Bertz CT molecular complexity index is 488. The van der Waals surface area contributed by atoms with Crippen molar-refractivity contribution >= 4 is 11.9 Å². The molecule has 4 nitrogen and oxygen atoms in total. The Kier molecular flexibility index (Phi) is 8.95. The molecule has 0 unspecified atom stereocenters. The maximum absolute atomic E-state index is 12.9. The minimum Gasteiger partial charge on any atom is -0.466 e. The zero-order valence-electron chi connectivity index (χ0n) is 14.0. The van der Waals surface area contributed by atoms with Gasteiger partial charge in [0.15, 0.2) is 0 Å². The summed E-state index contributed by atoms with van der Waals surface area (Å²) in [5.41, 5.74) is 0.771. The average molecular weight is 323 g/mol. The first-order chi connectivity index (χ1) is 11.1. The van der Waals surface area contributed by atoms with E-state index in [2.05, 4.69) is 6.92 Å². The normalized spacial score (nSPS) is 10.4. The van der Waals surface area contributed by atoms with Gasteiger partial charge in [-0.25, -0.2) is 4.39 Å². The molecular formula is C18H26FNO3. The summed E-state index contributed by atoms with van der Waals surface area (Å²) in [4.78, 5) is 25.6. The number of halogens is 1. The van der Waals surface area contributed by atoms with Crippen LogP contribution in [0.3, 0.4) is 0 Å². The molecule has 1 amide bonds. The standard InChI is InChI=1S/C18H26FNO3/c1-3-5-6-12-20(13-11-18(22)23-4-2)17(21)14-15-7-9-16(19)10-8-15/h7-10H,3-6,11-14H2,1-2H3. The van der Waals surface area contributed by atoms with Crippen molar-refractivity contribution in [1.29, 1.82) is 0 Å². The van der Waals surface area contributed by atoms with E-state index in [4.69, 9.17) is 4.74 Å². The molecule has 0 atom stereocenters. The molecule has 0 spiro atoms. The molecule has 0 bridgehead atoms. The fraction of sp³-hybridized carbons (Fsp3) is 0.556. The number of carbonyl (C=O) groups is 2. The number of rotatable bonds is 10. The molecule has 0 radical (unpaired) electrons. The summed E-state index contributed by atoms with van der Waals surface area (Å²) in [5, 5.41) is 0. The van der Waals surface area contributed by atoms with Crippen LogP contribution in [0.2, 0.25) is 0 Å². The lowest BCUT2D eigenvalue weighted by atomic mass is 10.1. The summed E-state index contributed by atoms with van der Waals surface area (Å²) >= 11 is 0. The Labute approximate surface area is 137 Å². The van der Waals surface area contributed by atoms with E-state index in [0.29, 0.717) is 19.7 Å². The van der Waals surface area contributed by atoms with Crippen LogP contribution in [0.1, 0.15) is 45.1 Å². The van der Waals surface area contributed by atoms with Crippen LogP contribution < -0.4 is 0 Å². The maximum Gasteiger partial charge on any atom is 0.307 e. The van der Waals surface area contributed by atoms with Gasteiger partial charge in [0.2, 0.25) is 5.91 Å². The van der Waals surface area contributed by atoms with E-state index in [0.717, 1.165) is 24.8 Å². The zero-order valence-corrected chi connectivity index (χ0v) is 14.0. The number of unbranched alkanes of at least 4 members (excludes halogenated alkanes) is 2. The summed E-state index contributed by atoms with van der Waals surface area (Å²) in [6.45, 7) is 5.20. The second kappa shape index (κ2) is 10.8. The Morgan fingerprint density at radius 1 is 1.09 bits per heavy atom. The minimum atomic E-state index is -0.316. The Morgan fingerprint density at radius 3 is 2.39 bits per heavy atom. The first-order valence-electron chi connectivity index (χ1n) is 8.24. The largest absolute Gasteiger partial charge is 0.466 e. The van der Waals surface area contributed by atoms with E-state index in [1.165, 1.54) is 12.1 Å². The van der Waals surface area contributed by atoms with E-state index in [9.17, 15) is 14.0 Å². The fourth-order valence-corrected chi connectivity index (χ4v) is 2.26. The molecule has 0 N–H and O–H groups in total. The third kappa shape index (κ3) is 7.77. The molecule has 0 saturated heterocycles. The van der Waals surface area contributed by atoms with E-state index in [1.54, 1.807) is 24.0 Å². The predicted octanol–water partition coefficient (Wildman–Crippen LogP) is 3.34. The average Bonchev–Trinajstić information content (AvgIpc) is 2.53. The molecule has 128 valence electrons. The van der Waals surface area contributed by atoms with Gasteiger partial charge in [-0.2, -0.15) is 0 Å². The predicted molar refractivity (Wildman–Crippen MR) is 87.5 cm³/mol. The summed E-state index contributed by atoms with van der Waals surface area (Å²) in [5.74, 6) is -0.650. The van der Waals surface area contributed by atoms with Gasteiger partial charge in [-0.05, 0) is 31.0 Å². The maximum atomic E-state index is 12.9. The van der Waals surface area contributed by atoms with Crippen molar-refractivity contribution in [3.63, 3.8) is 0 Å². The van der Waals surface area contributed by atoms with Gasteiger partial charge >= 0.3 is 5.97 Å². The van der Waals surface area contributed by atoms with Crippen molar-refractivity contribution in [2.45, 2.75) is 46.0 Å². The van der Waals surface area contributed by atoms with Crippen LogP contribution in [0.25, 0.3) is 0 Å². The quantitative estimate of drug-likeness (QED) is 0.490. The van der Waals surface area contributed by atoms with Gasteiger partial charge in [-0.15, -0.1) is 0 Å². The van der Waals surface area contributed by atoms with E-state index >= 15 is 0 Å². The number of esters is 1. The first-order valence-corrected chi connectivity index (χ1v) is 8.24. The lowest BCUT2D eigenvalue weighted by Crippen LogP contribution is -2.35. The van der Waals surface area contributed by atoms with E-state index in [-0.39, 0.29) is 30.5 Å². The second-order valence-electron chi connectivity index (χ2n) is 5.45. The van der Waals surface area contributed by atoms with Crippen LogP contribution in [-0.4, -0.2) is 36.5 Å². The highest BCUT2D eigenvalue weighted by atomic mass is 19.1. The van der Waals surface area contributed by atoms with Crippen molar-refractivity contribution in [1.82, 2.24) is 4.90 Å². The molecule has 0 fully saturated rings. The lowest BCUT2D eigenvalue weighted by Gasteiger charge is -2.22. The van der Waals surface area contributed by atoms with Crippen LogP contribution in [0, 0.1) is 5.82 Å². The molecule has 0 aromatic heterocycles. The first kappa shape index (κ1) is 19.1. The molecule has 0 aliphatic carbocycles. The van der Waals surface area contributed by atoms with Crippen molar-refractivity contribution in [3.8, 4) is 0 Å². The highest BCUT2D eigenvalue weighted by Gasteiger charge is 2.15. The molecule has 23 heavy (non-hydrogen) atoms. The molecule has 1 rings (SSSR count). The minimum absolute atomic E-state index is 0.0444. The van der Waals surface area contributed by atoms with E-state index < -0.39 is 0 Å². The molecule has 1 aromatic carbocycles. The van der Waals surface area contributed by atoms with Gasteiger partial charge < -0.3 is 9.64 Å². The number of hydrogen-bond donors (Lipinski definition) is 0. The molecule has 0 saturated carbocycles. The highest BCUT2D eigenvalue weighted by Crippen LogP contribution is 2.08. The topological polar surface area (TPSA) is 46.6 Å². The lowest BCUT2D eigenvalue weighted by molar-refractivity contribution is -0.144. The van der Waals surface area contributed by atoms with Crippen LogP contribution in [0.5, 0.6) is 0 Å². The number of amides is 1. The summed E-state index contributed by atoms with van der Waals surface area (Å²) in [6.07, 6.45) is 3.44. The Hall–Kier alpha value is -1.91. The molecule has 5 heteroatoms. The van der Waals surface area contributed by atoms with Gasteiger partial charge in [0.05, 0.1) is 19.4 Å². The van der Waals surface area contributed by atoms with Gasteiger partial charge in [-0.3, -0.25) is 9.59 Å². The number of hydrogen-bond acceptors (Lipinski definition) is 3. The van der Waals surface area contributed by atoms with Gasteiger partial charge in [0, 0.05) is 13.1 Å². The second-order valence-corrected chi connectivity index (χ2v) is 5.45. The number of carbonyl (C=O) groups excluding carboxylic acids is 2. The third-order valence-electron chi connectivity index (χ3n) is 3.54. The number of ether oxygens (including phenoxy) is 1. The monoisotopic (exact) mass is 323 g/mol. The van der Waals surface area contributed by atoms with Crippen molar-refractivity contribution in [3.05, 3.63) is 35.6 Å². The van der Waals surface area contributed by atoms with Crippen molar-refractivity contribution < 1.29 is 18.7 Å². The summed E-state index contributed by atoms with van der Waals surface area (Å²) < 4.78 is 17.8. The van der Waals surface area contributed by atoms with Gasteiger partial charge in [0.25, 0.3) is 0 Å². The third-order valence-corrected chi connectivity index (χ3v) is 3.54.